The van der Waals surface area contributed by atoms with Crippen LogP contribution in [0.2, 0.25) is 0 Å². The molecule has 0 saturated carbocycles. The van der Waals surface area contributed by atoms with Gasteiger partial charge in [0.25, 0.3) is 10.0 Å². The average Bonchev–Trinajstić information content (AvgIpc) is 2.55. The number of ether oxygens (including phenoxy) is 3. The van der Waals surface area contributed by atoms with Gasteiger partial charge in [0, 0.05) is 6.07 Å². The lowest BCUT2D eigenvalue weighted by molar-refractivity contribution is 0.244. The van der Waals surface area contributed by atoms with Crippen LogP contribution in [-0.2, 0) is 10.0 Å². The molecule has 0 unspecified atom stereocenters. The molecule has 2 aromatic carbocycles. The van der Waals surface area contributed by atoms with Gasteiger partial charge in [0.1, 0.15) is 5.75 Å². The minimum Gasteiger partial charge on any atom is -0.493 e. The Morgan fingerprint density at radius 3 is 2.21 bits per heavy atom. The predicted molar refractivity (Wildman–Crippen MR) is 92.6 cm³/mol. The number of hydrogen-bond donors (Lipinski definition) is 1. The average molecular weight is 351 g/mol. The first-order chi connectivity index (χ1) is 11.4. The second kappa shape index (κ2) is 7.44. The van der Waals surface area contributed by atoms with Gasteiger partial charge >= 0.3 is 0 Å². The normalized spacial score (nSPS) is 11.2. The van der Waals surface area contributed by atoms with Gasteiger partial charge in [-0.05, 0) is 38.1 Å². The molecule has 0 radical (unpaired) electrons. The number of hydrogen-bond acceptors (Lipinski definition) is 5. The van der Waals surface area contributed by atoms with Crippen molar-refractivity contribution in [1.82, 2.24) is 0 Å². The molecule has 2 aromatic rings. The van der Waals surface area contributed by atoms with Gasteiger partial charge in [-0.25, -0.2) is 8.42 Å². The van der Waals surface area contributed by atoms with Crippen molar-refractivity contribution in [3.63, 3.8) is 0 Å². The maximum Gasteiger partial charge on any atom is 0.262 e. The van der Waals surface area contributed by atoms with E-state index in [-0.39, 0.29) is 11.0 Å². The van der Waals surface area contributed by atoms with E-state index in [0.717, 1.165) is 0 Å². The Balaban J connectivity index is 2.36. The van der Waals surface area contributed by atoms with Crippen LogP contribution < -0.4 is 18.9 Å². The van der Waals surface area contributed by atoms with Crippen LogP contribution in [0.15, 0.2) is 47.4 Å². The third-order valence-corrected chi connectivity index (χ3v) is 4.52. The first kappa shape index (κ1) is 17.9. The van der Waals surface area contributed by atoms with E-state index in [4.69, 9.17) is 14.2 Å². The molecular weight excluding hydrogens is 330 g/mol. The van der Waals surface area contributed by atoms with E-state index < -0.39 is 10.0 Å². The zero-order valence-electron chi connectivity index (χ0n) is 14.1. The number of benzene rings is 2. The zero-order valence-corrected chi connectivity index (χ0v) is 14.9. The summed E-state index contributed by atoms with van der Waals surface area (Å²) in [6, 6.07) is 11.3. The fourth-order valence-electron chi connectivity index (χ4n) is 2.10. The molecule has 0 aromatic heterocycles. The van der Waals surface area contributed by atoms with E-state index in [1.165, 1.54) is 26.4 Å². The van der Waals surface area contributed by atoms with E-state index in [1.54, 1.807) is 30.3 Å². The Morgan fingerprint density at radius 1 is 0.917 bits per heavy atom. The molecule has 0 bridgehead atoms. The van der Waals surface area contributed by atoms with Crippen LogP contribution in [0.3, 0.4) is 0 Å². The third kappa shape index (κ3) is 4.11. The standard InChI is InChI=1S/C17H21NO5S/c1-12(2)23-15-8-6-5-7-14(15)18-24(19,20)13-9-10-16(21-3)17(11-13)22-4/h5-12,18H,1-4H3. The Kier molecular flexibility index (Phi) is 5.56. The van der Waals surface area contributed by atoms with Crippen LogP contribution in [0, 0.1) is 0 Å². The van der Waals surface area contributed by atoms with Crippen molar-refractivity contribution in [1.29, 1.82) is 0 Å². The van der Waals surface area contributed by atoms with E-state index in [2.05, 4.69) is 4.72 Å². The summed E-state index contributed by atoms with van der Waals surface area (Å²) in [6.07, 6.45) is -0.0725. The number of anilines is 1. The van der Waals surface area contributed by atoms with E-state index in [1.807, 2.05) is 13.8 Å². The Hall–Kier alpha value is -2.41. The van der Waals surface area contributed by atoms with Crippen LogP contribution in [0.5, 0.6) is 17.2 Å². The Labute approximate surface area is 142 Å². The maximum absolute atomic E-state index is 12.6. The molecular formula is C17H21NO5S. The van der Waals surface area contributed by atoms with Gasteiger partial charge in [-0.15, -0.1) is 0 Å². The van der Waals surface area contributed by atoms with Gasteiger partial charge in [-0.2, -0.15) is 0 Å². The zero-order chi connectivity index (χ0) is 17.7. The van der Waals surface area contributed by atoms with Crippen molar-refractivity contribution in [2.75, 3.05) is 18.9 Å². The fourth-order valence-corrected chi connectivity index (χ4v) is 3.18. The molecule has 0 heterocycles. The number of rotatable bonds is 7. The molecule has 7 heteroatoms. The summed E-state index contributed by atoms with van der Waals surface area (Å²) in [6.45, 7) is 3.75. The minimum atomic E-state index is -3.79. The van der Waals surface area contributed by atoms with Gasteiger partial charge in [0.2, 0.25) is 0 Å². The van der Waals surface area contributed by atoms with Crippen LogP contribution in [0.1, 0.15) is 13.8 Å². The molecule has 2 rings (SSSR count). The van der Waals surface area contributed by atoms with Crippen molar-refractivity contribution in [3.05, 3.63) is 42.5 Å². The lowest BCUT2D eigenvalue weighted by Crippen LogP contribution is -2.15. The summed E-state index contributed by atoms with van der Waals surface area (Å²) >= 11 is 0. The lowest BCUT2D eigenvalue weighted by Gasteiger charge is -2.16. The summed E-state index contributed by atoms with van der Waals surface area (Å²) in [5.41, 5.74) is 0.376. The first-order valence-electron chi connectivity index (χ1n) is 7.38. The van der Waals surface area contributed by atoms with E-state index >= 15 is 0 Å². The molecule has 0 aliphatic carbocycles. The molecule has 6 nitrogen and oxygen atoms in total. The van der Waals surface area contributed by atoms with Crippen LogP contribution in [0.4, 0.5) is 5.69 Å². The summed E-state index contributed by atoms with van der Waals surface area (Å²) in [7, 11) is -0.853. The summed E-state index contributed by atoms with van der Waals surface area (Å²) in [4.78, 5) is 0.0690. The quantitative estimate of drug-likeness (QED) is 0.828. The maximum atomic E-state index is 12.6. The van der Waals surface area contributed by atoms with Crippen LogP contribution in [0.25, 0.3) is 0 Å². The monoisotopic (exact) mass is 351 g/mol. The van der Waals surface area contributed by atoms with Crippen molar-refractivity contribution in [2.45, 2.75) is 24.8 Å². The smallest absolute Gasteiger partial charge is 0.262 e. The van der Waals surface area contributed by atoms with Crippen molar-refractivity contribution >= 4 is 15.7 Å². The Bertz CT molecular complexity index is 802. The van der Waals surface area contributed by atoms with Crippen LogP contribution in [-0.4, -0.2) is 28.7 Å². The molecule has 0 amide bonds. The molecule has 0 aliphatic rings. The highest BCUT2D eigenvalue weighted by Crippen LogP contribution is 2.32. The minimum absolute atomic E-state index is 0.0690. The van der Waals surface area contributed by atoms with Crippen molar-refractivity contribution in [2.24, 2.45) is 0 Å². The van der Waals surface area contributed by atoms with E-state index in [9.17, 15) is 8.42 Å². The molecule has 130 valence electrons. The second-order valence-electron chi connectivity index (χ2n) is 5.29. The third-order valence-electron chi connectivity index (χ3n) is 3.16. The number of methoxy groups -OCH3 is 2. The van der Waals surface area contributed by atoms with Gasteiger partial charge in [-0.1, -0.05) is 12.1 Å². The predicted octanol–water partition coefficient (Wildman–Crippen LogP) is 3.29. The SMILES string of the molecule is COc1ccc(S(=O)(=O)Nc2ccccc2OC(C)C)cc1OC. The van der Waals surface area contributed by atoms with Gasteiger partial charge < -0.3 is 14.2 Å². The molecule has 24 heavy (non-hydrogen) atoms. The number of nitrogens with one attached hydrogen (secondary N) is 1. The Morgan fingerprint density at radius 2 is 1.58 bits per heavy atom. The summed E-state index contributed by atoms with van der Waals surface area (Å²) in [5, 5.41) is 0. The first-order valence-corrected chi connectivity index (χ1v) is 8.86. The van der Waals surface area contributed by atoms with Crippen LogP contribution >= 0.6 is 0 Å². The second-order valence-corrected chi connectivity index (χ2v) is 6.97. The fraction of sp³-hybridized carbons (Fsp3) is 0.294. The lowest BCUT2D eigenvalue weighted by atomic mass is 10.3. The highest BCUT2D eigenvalue weighted by Gasteiger charge is 2.19. The topological polar surface area (TPSA) is 73.9 Å². The van der Waals surface area contributed by atoms with Gasteiger partial charge in [0.15, 0.2) is 11.5 Å². The summed E-state index contributed by atoms with van der Waals surface area (Å²) < 4.78 is 43.8. The molecule has 0 saturated heterocycles. The molecule has 1 N–H and O–H groups in total. The number of sulfonamides is 1. The summed E-state index contributed by atoms with van der Waals surface area (Å²) in [5.74, 6) is 1.27. The highest BCUT2D eigenvalue weighted by atomic mass is 32.2. The molecule has 0 atom stereocenters. The highest BCUT2D eigenvalue weighted by molar-refractivity contribution is 7.92. The van der Waals surface area contributed by atoms with Crippen molar-refractivity contribution < 1.29 is 22.6 Å². The largest absolute Gasteiger partial charge is 0.493 e. The van der Waals surface area contributed by atoms with Gasteiger partial charge in [-0.3, -0.25) is 4.72 Å². The van der Waals surface area contributed by atoms with E-state index in [0.29, 0.717) is 22.9 Å². The number of para-hydroxylation sites is 2. The van der Waals surface area contributed by atoms with Crippen molar-refractivity contribution in [3.8, 4) is 17.2 Å². The van der Waals surface area contributed by atoms with Gasteiger partial charge in [0.05, 0.1) is 30.9 Å². The molecule has 0 aliphatic heterocycles. The molecule has 0 fully saturated rings. The molecule has 0 spiro atoms.